The molecule has 1 heterocycles. The quantitative estimate of drug-likeness (QED) is 0.272. The van der Waals surface area contributed by atoms with Gasteiger partial charge in [-0.25, -0.2) is 0 Å². The Morgan fingerprint density at radius 2 is 1.76 bits per heavy atom. The van der Waals surface area contributed by atoms with Crippen molar-refractivity contribution in [1.82, 2.24) is 0 Å². The molecule has 0 amide bonds. The average molecular weight is 575 g/mol. The molecule has 1 aliphatic heterocycles. The first-order valence-electron chi connectivity index (χ1n) is 15.4. The van der Waals surface area contributed by atoms with E-state index in [1.54, 1.807) is 0 Å². The first kappa shape index (κ1) is 28.4. The van der Waals surface area contributed by atoms with E-state index in [0.717, 1.165) is 24.8 Å². The standard InChI is InChI=1S/C32H46O9/c1-14-10-15(33)23(36)21-22(14)29(4)11-19(35)32-13-31(32)9-8-20(41-27-25(38)24(37)16(34)12-40-27)28(2,3)17(31)6-7-18(32)30(29,5)26(21)39/h7,14,16-17,19-20,22,24-27,34-39H,6,8-13H2,1-5H3/t14-,16-,17+,19+,20+,22+,24+,25-,26+,27+,29-,30-,31-,32+/m1/s1. The molecule has 5 fully saturated rings. The van der Waals surface area contributed by atoms with Gasteiger partial charge >= 0.3 is 0 Å². The number of aliphatic hydroxyl groups is 6. The second kappa shape index (κ2) is 8.43. The number of ketones is 1. The fourth-order valence-corrected chi connectivity index (χ4v) is 11.7. The Bertz CT molecular complexity index is 1240. The van der Waals surface area contributed by atoms with Crippen LogP contribution in [0.2, 0.25) is 0 Å². The maximum Gasteiger partial charge on any atom is 0.197 e. The third-order valence-electron chi connectivity index (χ3n) is 13.8. The van der Waals surface area contributed by atoms with Gasteiger partial charge in [-0.3, -0.25) is 4.79 Å². The SMILES string of the molecule is C[C@@H]1CC(=O)C(O)=C2[C@H]1[C@@]1(C)C[C@H](O)[C@@]34C[C@@]35CC[C@H](O[C@@H]3OC[C@@H](O)[C@H](O)[C@H]3O)C(C)(C)[C@@H]5CC=C4[C@]1(C)[C@H]2O. The second-order valence-corrected chi connectivity index (χ2v) is 15.6. The van der Waals surface area contributed by atoms with Gasteiger partial charge in [0.1, 0.15) is 18.3 Å². The molecule has 0 unspecified atom stereocenters. The number of allylic oxidation sites excluding steroid dienone is 2. The van der Waals surface area contributed by atoms with E-state index in [1.165, 1.54) is 0 Å². The van der Waals surface area contributed by atoms with Gasteiger partial charge in [0, 0.05) is 22.8 Å². The minimum absolute atomic E-state index is 0.0373. The lowest BCUT2D eigenvalue weighted by Crippen LogP contribution is -2.60. The lowest BCUT2D eigenvalue weighted by molar-refractivity contribution is -0.301. The molecule has 6 N–H and O–H groups in total. The summed E-state index contributed by atoms with van der Waals surface area (Å²) >= 11 is 0. The molecular formula is C32H46O9. The van der Waals surface area contributed by atoms with Crippen LogP contribution >= 0.6 is 0 Å². The third kappa shape index (κ3) is 3.09. The predicted octanol–water partition coefficient (Wildman–Crippen LogP) is 2.14. The van der Waals surface area contributed by atoms with Crippen LogP contribution in [0.3, 0.4) is 0 Å². The van der Waals surface area contributed by atoms with Gasteiger partial charge in [0.25, 0.3) is 0 Å². The summed E-state index contributed by atoms with van der Waals surface area (Å²) in [6.07, 6.45) is -0.679. The largest absolute Gasteiger partial charge is 0.504 e. The van der Waals surface area contributed by atoms with Crippen molar-refractivity contribution in [2.75, 3.05) is 6.61 Å². The van der Waals surface area contributed by atoms with Crippen molar-refractivity contribution in [3.63, 3.8) is 0 Å². The highest BCUT2D eigenvalue weighted by atomic mass is 16.7. The molecule has 0 aromatic rings. The van der Waals surface area contributed by atoms with Crippen LogP contribution in [0.4, 0.5) is 0 Å². The minimum atomic E-state index is -1.35. The van der Waals surface area contributed by atoms with Crippen LogP contribution in [0.15, 0.2) is 23.0 Å². The molecule has 0 aromatic heterocycles. The number of rotatable bonds is 2. The lowest BCUT2D eigenvalue weighted by atomic mass is 9.44. The first-order valence-corrected chi connectivity index (χ1v) is 15.4. The minimum Gasteiger partial charge on any atom is -0.504 e. The highest BCUT2D eigenvalue weighted by Gasteiger charge is 2.85. The third-order valence-corrected chi connectivity index (χ3v) is 13.8. The van der Waals surface area contributed by atoms with Crippen LogP contribution in [-0.4, -0.2) is 85.9 Å². The van der Waals surface area contributed by atoms with E-state index in [1.807, 2.05) is 6.92 Å². The van der Waals surface area contributed by atoms with E-state index >= 15 is 0 Å². The summed E-state index contributed by atoms with van der Waals surface area (Å²) < 4.78 is 11.9. The number of ether oxygens (including phenoxy) is 2. The van der Waals surface area contributed by atoms with Crippen molar-refractivity contribution in [3.8, 4) is 0 Å². The summed E-state index contributed by atoms with van der Waals surface area (Å²) in [6.45, 7) is 10.5. The van der Waals surface area contributed by atoms with E-state index in [9.17, 15) is 35.4 Å². The Labute approximate surface area is 241 Å². The fraction of sp³-hybridized carbons (Fsp3) is 0.844. The summed E-state index contributed by atoms with van der Waals surface area (Å²) in [5.41, 5.74) is -0.665. The number of hydrogen-bond acceptors (Lipinski definition) is 9. The predicted molar refractivity (Wildman–Crippen MR) is 146 cm³/mol. The van der Waals surface area contributed by atoms with E-state index in [-0.39, 0.29) is 59.3 Å². The number of carbonyl (C=O) groups excluding carboxylic acids is 1. The van der Waals surface area contributed by atoms with E-state index < -0.39 is 53.1 Å². The molecule has 9 heteroatoms. The molecule has 7 rings (SSSR count). The number of carbonyl (C=O) groups is 1. The van der Waals surface area contributed by atoms with Crippen LogP contribution in [0.5, 0.6) is 0 Å². The Morgan fingerprint density at radius 3 is 2.46 bits per heavy atom. The van der Waals surface area contributed by atoms with Crippen molar-refractivity contribution in [1.29, 1.82) is 0 Å². The summed E-state index contributed by atoms with van der Waals surface area (Å²) in [5.74, 6) is -0.630. The summed E-state index contributed by atoms with van der Waals surface area (Å²) in [7, 11) is 0. The van der Waals surface area contributed by atoms with Gasteiger partial charge in [-0.05, 0) is 66.1 Å². The zero-order valence-corrected chi connectivity index (χ0v) is 24.7. The van der Waals surface area contributed by atoms with Crippen LogP contribution < -0.4 is 0 Å². The van der Waals surface area contributed by atoms with Gasteiger partial charge < -0.3 is 40.1 Å². The van der Waals surface area contributed by atoms with Crippen LogP contribution in [-0.2, 0) is 14.3 Å². The molecular weight excluding hydrogens is 528 g/mol. The molecule has 2 spiro atoms. The second-order valence-electron chi connectivity index (χ2n) is 15.6. The maximum atomic E-state index is 12.7. The lowest BCUT2D eigenvalue weighted by Gasteiger charge is -2.61. The molecule has 14 atom stereocenters. The number of aliphatic hydroxyl groups excluding tert-OH is 6. The summed E-state index contributed by atoms with van der Waals surface area (Å²) in [5, 5.41) is 65.6. The monoisotopic (exact) mass is 574 g/mol. The van der Waals surface area contributed by atoms with Gasteiger partial charge in [0.2, 0.25) is 0 Å². The van der Waals surface area contributed by atoms with Gasteiger partial charge in [-0.2, -0.15) is 0 Å². The van der Waals surface area contributed by atoms with Crippen LogP contribution in [0.25, 0.3) is 0 Å². The Kier molecular flexibility index (Phi) is 5.85. The molecule has 4 saturated carbocycles. The summed E-state index contributed by atoms with van der Waals surface area (Å²) in [4.78, 5) is 12.7. The van der Waals surface area contributed by atoms with E-state index in [0.29, 0.717) is 18.4 Å². The number of fused-ring (bicyclic) bond motifs is 4. The van der Waals surface area contributed by atoms with Crippen molar-refractivity contribution in [2.45, 2.75) is 116 Å². The molecule has 1 saturated heterocycles. The maximum absolute atomic E-state index is 12.7. The topological polar surface area (TPSA) is 157 Å². The highest BCUT2D eigenvalue weighted by Crippen LogP contribution is 2.88. The van der Waals surface area contributed by atoms with Crippen LogP contribution in [0.1, 0.15) is 73.1 Å². The van der Waals surface area contributed by atoms with E-state index in [2.05, 4.69) is 33.8 Å². The molecule has 9 nitrogen and oxygen atoms in total. The van der Waals surface area contributed by atoms with Gasteiger partial charge in [-0.15, -0.1) is 0 Å². The van der Waals surface area contributed by atoms with Crippen molar-refractivity contribution in [3.05, 3.63) is 23.0 Å². The molecule has 0 aromatic carbocycles. The molecule has 6 aliphatic carbocycles. The Balaban J connectivity index is 1.25. The molecule has 0 bridgehead atoms. The van der Waals surface area contributed by atoms with Crippen LogP contribution in [0, 0.1) is 44.8 Å². The zero-order chi connectivity index (χ0) is 29.7. The fourth-order valence-electron chi connectivity index (χ4n) is 11.7. The van der Waals surface area contributed by atoms with E-state index in [4.69, 9.17) is 9.47 Å². The molecule has 0 radical (unpaired) electrons. The smallest absolute Gasteiger partial charge is 0.197 e. The molecule has 41 heavy (non-hydrogen) atoms. The van der Waals surface area contributed by atoms with Gasteiger partial charge in [0.15, 0.2) is 17.8 Å². The molecule has 228 valence electrons. The van der Waals surface area contributed by atoms with Crippen molar-refractivity contribution < 1.29 is 44.9 Å². The first-order chi connectivity index (χ1) is 19.1. The summed E-state index contributed by atoms with van der Waals surface area (Å²) in [6, 6.07) is 0. The average Bonchev–Trinajstić information content (AvgIpc) is 3.56. The van der Waals surface area contributed by atoms with Crippen molar-refractivity contribution >= 4 is 5.78 Å². The zero-order valence-electron chi connectivity index (χ0n) is 24.7. The number of Topliss-reactive ketones (excluding diaryl/α,β-unsaturated/α-hetero) is 1. The van der Waals surface area contributed by atoms with Gasteiger partial charge in [0.05, 0.1) is 24.9 Å². The number of hydrogen-bond donors (Lipinski definition) is 6. The van der Waals surface area contributed by atoms with Crippen molar-refractivity contribution in [2.24, 2.45) is 44.8 Å². The van der Waals surface area contributed by atoms with Gasteiger partial charge in [-0.1, -0.05) is 46.3 Å². The highest BCUT2D eigenvalue weighted by molar-refractivity contribution is 5.95. The molecule has 7 aliphatic rings. The normalized spacial score (nSPS) is 57.1. The Hall–Kier alpha value is -1.33. The Morgan fingerprint density at radius 1 is 1.05 bits per heavy atom.